The molecule has 1 unspecified atom stereocenters. The van der Waals surface area contributed by atoms with Gasteiger partial charge >= 0.3 is 6.61 Å². The molecule has 3 N–H and O–H groups in total. The number of carbonyl (C=O) groups is 1. The maximum Gasteiger partial charge on any atom is 0.387 e. The van der Waals surface area contributed by atoms with E-state index in [0.717, 1.165) is 25.7 Å². The number of hydrogen-bond donors (Lipinski definition) is 2. The van der Waals surface area contributed by atoms with Crippen molar-refractivity contribution in [3.05, 3.63) is 23.8 Å². The van der Waals surface area contributed by atoms with Crippen LogP contribution in [-0.2, 0) is 0 Å². The molecule has 1 saturated carbocycles. The highest BCUT2D eigenvalue weighted by atomic mass is 19.3. The van der Waals surface area contributed by atoms with E-state index in [0.29, 0.717) is 12.5 Å². The van der Waals surface area contributed by atoms with Gasteiger partial charge in [0.2, 0.25) is 0 Å². The summed E-state index contributed by atoms with van der Waals surface area (Å²) in [6.07, 6.45) is 5.47. The quantitative estimate of drug-likeness (QED) is 0.799. The predicted molar refractivity (Wildman–Crippen MR) is 86.5 cm³/mol. The van der Waals surface area contributed by atoms with Crippen molar-refractivity contribution >= 4 is 5.91 Å². The summed E-state index contributed by atoms with van der Waals surface area (Å²) in [6.45, 7) is -2.73. The first-order chi connectivity index (χ1) is 11.6. The Hall–Kier alpha value is -1.89. The van der Waals surface area contributed by atoms with Crippen LogP contribution < -0.4 is 20.5 Å². The number of benzene rings is 1. The van der Waals surface area contributed by atoms with E-state index in [1.807, 2.05) is 0 Å². The summed E-state index contributed by atoms with van der Waals surface area (Å²) < 4.78 is 34.9. The van der Waals surface area contributed by atoms with Gasteiger partial charge in [0, 0.05) is 12.6 Å². The predicted octanol–water partition coefficient (Wildman–Crippen LogP) is 2.93. The number of para-hydroxylation sites is 1. The third kappa shape index (κ3) is 4.56. The Morgan fingerprint density at radius 3 is 2.62 bits per heavy atom. The number of alkyl halides is 2. The Morgan fingerprint density at radius 1 is 1.33 bits per heavy atom. The van der Waals surface area contributed by atoms with E-state index in [1.165, 1.54) is 25.7 Å². The average molecular weight is 342 g/mol. The summed E-state index contributed by atoms with van der Waals surface area (Å²) in [6, 6.07) is 4.29. The van der Waals surface area contributed by atoms with Gasteiger partial charge in [0.05, 0.1) is 12.7 Å². The van der Waals surface area contributed by atoms with Crippen LogP contribution >= 0.6 is 0 Å². The number of nitrogens with two attached hydrogens (primary N) is 1. The van der Waals surface area contributed by atoms with Crippen LogP contribution in [-0.4, -0.2) is 32.2 Å². The lowest BCUT2D eigenvalue weighted by Crippen LogP contribution is -2.46. The first-order valence-electron chi connectivity index (χ1n) is 8.19. The minimum absolute atomic E-state index is 0.0175. The van der Waals surface area contributed by atoms with Crippen LogP contribution in [0.3, 0.4) is 0 Å². The molecule has 1 atom stereocenters. The first kappa shape index (κ1) is 18.4. The number of nitrogens with one attached hydrogen (secondary N) is 1. The van der Waals surface area contributed by atoms with Crippen LogP contribution in [0, 0.1) is 5.92 Å². The van der Waals surface area contributed by atoms with Crippen molar-refractivity contribution in [2.75, 3.05) is 13.7 Å². The SMILES string of the molecule is COc1cccc(C(=O)NC(CN)C2CCCCC2)c1OC(F)F. The molecule has 7 heteroatoms. The van der Waals surface area contributed by atoms with Crippen molar-refractivity contribution in [2.45, 2.75) is 44.8 Å². The molecule has 1 aliphatic rings. The number of amides is 1. The van der Waals surface area contributed by atoms with Gasteiger partial charge in [-0.15, -0.1) is 0 Å². The van der Waals surface area contributed by atoms with Crippen LogP contribution in [0.15, 0.2) is 18.2 Å². The van der Waals surface area contributed by atoms with E-state index in [4.69, 9.17) is 10.5 Å². The van der Waals surface area contributed by atoms with E-state index in [2.05, 4.69) is 10.1 Å². The molecule has 5 nitrogen and oxygen atoms in total. The van der Waals surface area contributed by atoms with Crippen molar-refractivity contribution in [3.63, 3.8) is 0 Å². The largest absolute Gasteiger partial charge is 0.493 e. The van der Waals surface area contributed by atoms with E-state index >= 15 is 0 Å². The van der Waals surface area contributed by atoms with Gasteiger partial charge in [0.25, 0.3) is 5.91 Å². The standard InChI is InChI=1S/C17H24F2N2O3/c1-23-14-9-5-8-12(15(14)24-17(18)19)16(22)21-13(10-20)11-6-3-2-4-7-11/h5,8-9,11,13,17H,2-4,6-7,10,20H2,1H3,(H,21,22). The highest BCUT2D eigenvalue weighted by molar-refractivity contribution is 5.98. The molecule has 1 fully saturated rings. The normalized spacial score (nSPS) is 16.7. The maximum atomic E-state index is 12.7. The number of halogens is 2. The summed E-state index contributed by atoms with van der Waals surface area (Å²) in [5.41, 5.74) is 5.83. The zero-order valence-corrected chi connectivity index (χ0v) is 13.8. The van der Waals surface area contributed by atoms with Gasteiger partial charge in [-0.25, -0.2) is 0 Å². The zero-order valence-electron chi connectivity index (χ0n) is 13.8. The lowest BCUT2D eigenvalue weighted by molar-refractivity contribution is -0.0515. The topological polar surface area (TPSA) is 73.6 Å². The third-order valence-corrected chi connectivity index (χ3v) is 4.44. The molecule has 0 bridgehead atoms. The van der Waals surface area contributed by atoms with Gasteiger partial charge in [0.15, 0.2) is 11.5 Å². The van der Waals surface area contributed by atoms with Gasteiger partial charge < -0.3 is 20.5 Å². The second-order valence-corrected chi connectivity index (χ2v) is 5.93. The Kier molecular flexibility index (Phi) is 6.78. The lowest BCUT2D eigenvalue weighted by Gasteiger charge is -2.30. The van der Waals surface area contributed by atoms with Crippen molar-refractivity contribution in [1.82, 2.24) is 5.32 Å². The molecule has 0 aromatic heterocycles. The molecule has 1 aromatic rings. The van der Waals surface area contributed by atoms with E-state index in [1.54, 1.807) is 6.07 Å². The van der Waals surface area contributed by atoms with Crippen LogP contribution in [0.5, 0.6) is 11.5 Å². The summed E-state index contributed by atoms with van der Waals surface area (Å²) in [5, 5.41) is 2.87. The lowest BCUT2D eigenvalue weighted by atomic mass is 9.84. The Morgan fingerprint density at radius 2 is 2.04 bits per heavy atom. The van der Waals surface area contributed by atoms with Crippen molar-refractivity contribution < 1.29 is 23.0 Å². The summed E-state index contributed by atoms with van der Waals surface area (Å²) in [7, 11) is 1.33. The fourth-order valence-electron chi connectivity index (χ4n) is 3.22. The monoisotopic (exact) mass is 342 g/mol. The van der Waals surface area contributed by atoms with Crippen molar-refractivity contribution in [2.24, 2.45) is 11.7 Å². The highest BCUT2D eigenvalue weighted by Crippen LogP contribution is 2.33. The molecule has 1 aliphatic carbocycles. The molecular formula is C17H24F2N2O3. The van der Waals surface area contributed by atoms with Crippen LogP contribution in [0.1, 0.15) is 42.5 Å². The smallest absolute Gasteiger partial charge is 0.387 e. The molecule has 0 saturated heterocycles. The summed E-state index contributed by atoms with van der Waals surface area (Å²) >= 11 is 0. The highest BCUT2D eigenvalue weighted by Gasteiger charge is 2.26. The molecule has 0 spiro atoms. The number of ether oxygens (including phenoxy) is 2. The number of methoxy groups -OCH3 is 1. The van der Waals surface area contributed by atoms with Gasteiger partial charge in [-0.1, -0.05) is 25.3 Å². The van der Waals surface area contributed by atoms with Gasteiger partial charge in [-0.05, 0) is 30.9 Å². The fraction of sp³-hybridized carbons (Fsp3) is 0.588. The molecule has 0 radical (unpaired) electrons. The third-order valence-electron chi connectivity index (χ3n) is 4.44. The van der Waals surface area contributed by atoms with Crippen molar-refractivity contribution in [3.8, 4) is 11.5 Å². The summed E-state index contributed by atoms with van der Waals surface area (Å²) in [4.78, 5) is 12.6. The minimum Gasteiger partial charge on any atom is -0.493 e. The van der Waals surface area contributed by atoms with Gasteiger partial charge in [0.1, 0.15) is 0 Å². The van der Waals surface area contributed by atoms with E-state index in [-0.39, 0.29) is 23.1 Å². The van der Waals surface area contributed by atoms with Crippen LogP contribution in [0.4, 0.5) is 8.78 Å². The Bertz CT molecular complexity index is 549. The maximum absolute atomic E-state index is 12.7. The molecule has 24 heavy (non-hydrogen) atoms. The number of rotatable bonds is 7. The van der Waals surface area contributed by atoms with Crippen molar-refractivity contribution in [1.29, 1.82) is 0 Å². The Labute approximate surface area is 140 Å². The Balaban J connectivity index is 2.18. The molecule has 1 amide bonds. The molecule has 0 aliphatic heterocycles. The number of carbonyl (C=O) groups excluding carboxylic acids is 1. The fourth-order valence-corrected chi connectivity index (χ4v) is 3.22. The molecule has 134 valence electrons. The molecule has 1 aromatic carbocycles. The van der Waals surface area contributed by atoms with E-state index in [9.17, 15) is 13.6 Å². The number of hydrogen-bond acceptors (Lipinski definition) is 4. The molecule has 2 rings (SSSR count). The van der Waals surface area contributed by atoms with E-state index < -0.39 is 12.5 Å². The second-order valence-electron chi connectivity index (χ2n) is 5.93. The van der Waals surface area contributed by atoms with Gasteiger partial charge in [-0.3, -0.25) is 4.79 Å². The average Bonchev–Trinajstić information content (AvgIpc) is 2.59. The second kappa shape index (κ2) is 8.82. The van der Waals surface area contributed by atoms with Gasteiger partial charge in [-0.2, -0.15) is 8.78 Å². The molecule has 0 heterocycles. The van der Waals surface area contributed by atoms with Crippen LogP contribution in [0.2, 0.25) is 0 Å². The first-order valence-corrected chi connectivity index (χ1v) is 8.19. The molecular weight excluding hydrogens is 318 g/mol. The summed E-state index contributed by atoms with van der Waals surface area (Å²) in [5.74, 6) is -0.333. The minimum atomic E-state index is -3.04. The zero-order chi connectivity index (χ0) is 17.5. The van der Waals surface area contributed by atoms with Crippen LogP contribution in [0.25, 0.3) is 0 Å².